The van der Waals surface area contributed by atoms with E-state index in [1.807, 2.05) is 13.0 Å². The minimum Gasteiger partial charge on any atom is -0.365 e. The summed E-state index contributed by atoms with van der Waals surface area (Å²) in [6.45, 7) is 6.88. The molecule has 0 bridgehead atoms. The molecule has 2 aliphatic carbocycles. The summed E-state index contributed by atoms with van der Waals surface area (Å²) in [6, 6.07) is 2.09. The van der Waals surface area contributed by atoms with E-state index in [0.717, 1.165) is 24.1 Å². The van der Waals surface area contributed by atoms with E-state index in [1.165, 1.54) is 13.8 Å². The predicted octanol–water partition coefficient (Wildman–Crippen LogP) is 2.42. The Morgan fingerprint density at radius 3 is 2.54 bits per heavy atom. The molecule has 0 spiro atoms. The fourth-order valence-electron chi connectivity index (χ4n) is 4.77. The Hall–Kier alpha value is -2.38. The van der Waals surface area contributed by atoms with E-state index in [-0.39, 0.29) is 23.5 Å². The lowest BCUT2D eigenvalue weighted by atomic mass is 9.98. The van der Waals surface area contributed by atoms with Crippen LogP contribution in [0.4, 0.5) is 9.18 Å². The molecule has 1 fully saturated rings. The molecule has 1 aromatic carbocycles. The summed E-state index contributed by atoms with van der Waals surface area (Å²) in [5, 5.41) is 23.2. The number of nitrogens with zero attached hydrogens (tertiary/aromatic N) is 1. The summed E-state index contributed by atoms with van der Waals surface area (Å²) in [6.07, 6.45) is 3.07. The smallest absolute Gasteiger partial charge is 0.315 e. The highest BCUT2D eigenvalue weighted by Gasteiger charge is 2.37. The minimum atomic E-state index is -4.10. The summed E-state index contributed by atoms with van der Waals surface area (Å²) in [5.74, 6) is 0.294. The summed E-state index contributed by atoms with van der Waals surface area (Å²) in [7, 11) is -4.10. The van der Waals surface area contributed by atoms with Gasteiger partial charge in [0.25, 0.3) is 0 Å². The van der Waals surface area contributed by atoms with Crippen molar-refractivity contribution in [3.8, 4) is 0 Å². The van der Waals surface area contributed by atoms with Crippen molar-refractivity contribution >= 4 is 26.8 Å². The number of pyridine rings is 1. The molecule has 2 amide bonds. The quantitative estimate of drug-likeness (QED) is 0.242. The van der Waals surface area contributed by atoms with Crippen LogP contribution in [-0.4, -0.2) is 56.2 Å². The maximum atomic E-state index is 14.2. The number of aliphatic hydroxyl groups is 1. The molecule has 1 unspecified atom stereocenters. The van der Waals surface area contributed by atoms with Gasteiger partial charge in [0.05, 0.1) is 10.9 Å². The van der Waals surface area contributed by atoms with Crippen LogP contribution in [0.15, 0.2) is 23.2 Å². The molecule has 1 heterocycles. The van der Waals surface area contributed by atoms with E-state index in [0.29, 0.717) is 41.8 Å². The number of aliphatic hydroxyl groups excluding tert-OH is 1. The lowest BCUT2D eigenvalue weighted by Crippen LogP contribution is -2.43. The molecule has 2 aromatic rings. The average molecular weight is 537 g/mol. The average Bonchev–Trinajstić information content (AvgIpc) is 3.61. The first-order valence-corrected chi connectivity index (χ1v) is 14.3. The van der Waals surface area contributed by atoms with Gasteiger partial charge in [-0.25, -0.2) is 22.3 Å². The molecule has 10 nitrogen and oxygen atoms in total. The molecule has 3 atom stereocenters. The molecule has 0 aliphatic heterocycles. The van der Waals surface area contributed by atoms with Crippen molar-refractivity contribution in [1.29, 1.82) is 0 Å². The Morgan fingerprint density at radius 1 is 1.19 bits per heavy atom. The molecular formula is C25H37FN6O4S. The van der Waals surface area contributed by atoms with Crippen molar-refractivity contribution in [1.82, 2.24) is 31.0 Å². The fourth-order valence-corrected chi connectivity index (χ4v) is 6.20. The Kier molecular flexibility index (Phi) is 8.05. The van der Waals surface area contributed by atoms with Crippen LogP contribution in [-0.2, 0) is 10.0 Å². The summed E-state index contributed by atoms with van der Waals surface area (Å²) in [5.41, 5.74) is 0.469. The minimum absolute atomic E-state index is 0.0189. The molecule has 0 saturated heterocycles. The number of benzene rings is 1. The Bertz CT molecular complexity index is 1260. The molecule has 1 aromatic heterocycles. The van der Waals surface area contributed by atoms with E-state index < -0.39 is 28.1 Å². The molecule has 1 saturated carbocycles. The van der Waals surface area contributed by atoms with Crippen molar-refractivity contribution in [3.05, 3.63) is 35.2 Å². The number of halogens is 1. The third kappa shape index (κ3) is 6.37. The van der Waals surface area contributed by atoms with Gasteiger partial charge >= 0.3 is 6.03 Å². The lowest BCUT2D eigenvalue weighted by Gasteiger charge is -2.22. The third-order valence-corrected chi connectivity index (χ3v) is 8.08. The molecule has 0 radical (unpaired) electrons. The van der Waals surface area contributed by atoms with Gasteiger partial charge in [-0.15, -0.1) is 0 Å². The first-order valence-electron chi connectivity index (χ1n) is 12.8. The number of alkyl halides is 1. The number of aromatic nitrogens is 1. The zero-order valence-corrected chi connectivity index (χ0v) is 22.5. The highest BCUT2D eigenvalue weighted by molar-refractivity contribution is 7.89. The predicted molar refractivity (Wildman–Crippen MR) is 139 cm³/mol. The highest BCUT2D eigenvalue weighted by atomic mass is 32.2. The summed E-state index contributed by atoms with van der Waals surface area (Å²) in [4.78, 5) is 17.1. The molecule has 204 valence electrons. The maximum absolute atomic E-state index is 14.2. The van der Waals surface area contributed by atoms with Crippen LogP contribution in [0.25, 0.3) is 10.8 Å². The van der Waals surface area contributed by atoms with Gasteiger partial charge in [0.15, 0.2) is 6.35 Å². The number of rotatable bonds is 11. The number of carbonyl (C=O) groups is 1. The second-order valence-corrected chi connectivity index (χ2v) is 12.1. The number of urea groups is 1. The largest absolute Gasteiger partial charge is 0.365 e. The maximum Gasteiger partial charge on any atom is 0.315 e. The Morgan fingerprint density at radius 2 is 1.92 bits per heavy atom. The van der Waals surface area contributed by atoms with Crippen LogP contribution in [0.2, 0.25) is 0 Å². The molecule has 4 rings (SSSR count). The Labute approximate surface area is 217 Å². The number of sulfonamides is 1. The zero-order chi connectivity index (χ0) is 27.0. The number of carbonyl (C=O) groups excluding carboxylic acids is 1. The number of hydrogen-bond donors (Lipinski definition) is 6. The van der Waals surface area contributed by atoms with Crippen molar-refractivity contribution in [2.24, 2.45) is 0 Å². The second kappa shape index (κ2) is 10.8. The number of hydrogen-bond acceptors (Lipinski definition) is 7. The third-order valence-electron chi connectivity index (χ3n) is 6.64. The number of nitrogens with one attached hydrogen (secondary N) is 5. The van der Waals surface area contributed by atoms with Gasteiger partial charge in [-0.05, 0) is 69.8 Å². The van der Waals surface area contributed by atoms with E-state index in [2.05, 4.69) is 31.0 Å². The topological polar surface area (TPSA) is 144 Å². The number of fused-ring (bicyclic) bond motifs is 3. The van der Waals surface area contributed by atoms with Gasteiger partial charge < -0.3 is 15.7 Å². The van der Waals surface area contributed by atoms with Crippen LogP contribution < -0.4 is 26.0 Å². The monoisotopic (exact) mass is 536 g/mol. The first kappa shape index (κ1) is 27.6. The Balaban J connectivity index is 1.87. The SMILES string of the molecule is CCNC(=O)N[C@@H]1C[C@H](NC(O)NCC)c2c1cc(S(=O)(=O)NCC(C)(C)F)c1cc(C3CC3)ncc21. The fraction of sp³-hybridized carbons (Fsp3) is 0.600. The van der Waals surface area contributed by atoms with Gasteiger partial charge in [-0.2, -0.15) is 0 Å². The highest BCUT2D eigenvalue weighted by Crippen LogP contribution is 2.46. The van der Waals surface area contributed by atoms with Crippen molar-refractivity contribution in [2.45, 2.75) is 81.9 Å². The van der Waals surface area contributed by atoms with Crippen molar-refractivity contribution < 1.29 is 22.7 Å². The molecule has 12 heteroatoms. The van der Waals surface area contributed by atoms with Gasteiger partial charge in [0.1, 0.15) is 5.67 Å². The second-order valence-electron chi connectivity index (χ2n) is 10.3. The normalized spacial score (nSPS) is 20.6. The van der Waals surface area contributed by atoms with Gasteiger partial charge in [0, 0.05) is 47.7 Å². The molecule has 2 aliphatic rings. The zero-order valence-electron chi connectivity index (χ0n) is 21.7. The van der Waals surface area contributed by atoms with Crippen LogP contribution in [0.5, 0.6) is 0 Å². The van der Waals surface area contributed by atoms with E-state index in [4.69, 9.17) is 0 Å². The van der Waals surface area contributed by atoms with Crippen molar-refractivity contribution in [2.75, 3.05) is 19.6 Å². The molecule has 37 heavy (non-hydrogen) atoms. The summed E-state index contributed by atoms with van der Waals surface area (Å²) < 4.78 is 43.6. The molecular weight excluding hydrogens is 499 g/mol. The summed E-state index contributed by atoms with van der Waals surface area (Å²) >= 11 is 0. The lowest BCUT2D eigenvalue weighted by molar-refractivity contribution is 0.0890. The van der Waals surface area contributed by atoms with Gasteiger partial charge in [0.2, 0.25) is 10.0 Å². The van der Waals surface area contributed by atoms with Crippen LogP contribution in [0, 0.1) is 0 Å². The van der Waals surface area contributed by atoms with Crippen LogP contribution >= 0.6 is 0 Å². The number of amides is 2. The molecule has 6 N–H and O–H groups in total. The van der Waals surface area contributed by atoms with Crippen LogP contribution in [0.3, 0.4) is 0 Å². The van der Waals surface area contributed by atoms with Gasteiger partial charge in [-0.1, -0.05) is 6.92 Å². The first-order chi connectivity index (χ1) is 17.4. The van der Waals surface area contributed by atoms with E-state index in [1.54, 1.807) is 19.2 Å². The van der Waals surface area contributed by atoms with E-state index >= 15 is 0 Å². The van der Waals surface area contributed by atoms with Crippen LogP contribution in [0.1, 0.15) is 81.8 Å². The van der Waals surface area contributed by atoms with E-state index in [9.17, 15) is 22.7 Å². The van der Waals surface area contributed by atoms with Gasteiger partial charge in [-0.3, -0.25) is 15.6 Å². The van der Waals surface area contributed by atoms with Crippen molar-refractivity contribution in [3.63, 3.8) is 0 Å². The standard InChI is InChI=1S/C25H37FN6O4S/c1-5-27-23(33)31-19-11-20(32-24(34)28-6-2)22-16(19)10-21(37(35,36)30-13-25(3,4)26)15-9-18(14-7-8-14)29-12-17(15)22/h9-10,12,14,19-20,24,28,30,32,34H,5-8,11,13H2,1-4H3,(H2,27,31,33)/t19-,20+,24?/m1/s1.